The second-order valence-corrected chi connectivity index (χ2v) is 13.7. The van der Waals surface area contributed by atoms with Crippen LogP contribution in [0.1, 0.15) is 60.8 Å². The van der Waals surface area contributed by atoms with Crippen molar-refractivity contribution in [3.63, 3.8) is 0 Å². The first kappa shape index (κ1) is 31.0. The third-order valence-electron chi connectivity index (χ3n) is 8.91. The van der Waals surface area contributed by atoms with E-state index in [1.165, 1.54) is 4.90 Å². The maximum absolute atomic E-state index is 14.7. The van der Waals surface area contributed by atoms with Crippen molar-refractivity contribution in [3.8, 4) is 0 Å². The van der Waals surface area contributed by atoms with Crippen LogP contribution in [0.5, 0.6) is 0 Å². The Morgan fingerprint density at radius 2 is 1.76 bits per heavy atom. The number of aliphatic hydroxyl groups excluding tert-OH is 1. The number of ether oxygens (including phenoxy) is 1. The van der Waals surface area contributed by atoms with Crippen LogP contribution in [0.4, 0.5) is 5.69 Å². The summed E-state index contributed by atoms with van der Waals surface area (Å²) in [6.07, 6.45) is 4.71. The smallest absolute Gasteiger partial charge is 0.249 e. The molecule has 6 atom stereocenters. The van der Waals surface area contributed by atoms with Crippen molar-refractivity contribution in [2.45, 2.75) is 90.1 Å². The van der Waals surface area contributed by atoms with Gasteiger partial charge in [0.05, 0.1) is 30.6 Å². The summed E-state index contributed by atoms with van der Waals surface area (Å²) < 4.78 is 6.66. The Morgan fingerprint density at radius 1 is 1.12 bits per heavy atom. The van der Waals surface area contributed by atoms with Gasteiger partial charge in [-0.15, -0.1) is 13.2 Å². The van der Waals surface area contributed by atoms with E-state index in [0.717, 1.165) is 6.42 Å². The summed E-state index contributed by atoms with van der Waals surface area (Å²) in [5, 5.41) is 10.2. The summed E-state index contributed by atoms with van der Waals surface area (Å²) in [6, 6.07) is 7.77. The normalized spacial score (nSPS) is 27.9. The van der Waals surface area contributed by atoms with Crippen molar-refractivity contribution in [1.82, 2.24) is 9.80 Å². The van der Waals surface area contributed by atoms with Gasteiger partial charge in [0.1, 0.15) is 11.6 Å². The number of carbonyl (C=O) groups excluding carboxylic acids is 3. The van der Waals surface area contributed by atoms with Crippen molar-refractivity contribution in [3.05, 3.63) is 55.6 Å². The van der Waals surface area contributed by atoms with E-state index in [0.29, 0.717) is 25.1 Å². The van der Waals surface area contributed by atoms with Crippen molar-refractivity contribution >= 4 is 23.4 Å². The number of aliphatic hydroxyl groups is 1. The van der Waals surface area contributed by atoms with Crippen LogP contribution in [0.3, 0.4) is 0 Å². The molecular formula is C33H47N3O5. The second-order valence-electron chi connectivity index (χ2n) is 13.7. The molecule has 0 aliphatic carbocycles. The van der Waals surface area contributed by atoms with Crippen LogP contribution in [0.25, 0.3) is 0 Å². The standard InChI is InChI=1S/C33H47N3O5/c1-9-18-34(23-14-12-11-13-15-23)28(38)25-24-16-17-33(41-24)26(25)29(39)36(22(3)20-37)27(33)30(40)35(19-10-2)32(7,8)21-31(4,5)6/h9-15,22,24-27,37H,1-2,16-21H2,3-8H3/t22-,24+,25-,26+,27?,33?/m1/s1. The number of fused-ring (bicyclic) bond motifs is 1. The highest BCUT2D eigenvalue weighted by Crippen LogP contribution is 2.59. The van der Waals surface area contributed by atoms with Gasteiger partial charge in [-0.05, 0) is 57.6 Å². The van der Waals surface area contributed by atoms with Crippen LogP contribution < -0.4 is 4.90 Å². The Balaban J connectivity index is 1.78. The number of benzene rings is 1. The molecule has 3 aliphatic heterocycles. The van der Waals surface area contributed by atoms with Gasteiger partial charge in [-0.1, -0.05) is 51.1 Å². The third-order valence-corrected chi connectivity index (χ3v) is 8.91. The molecule has 0 saturated carbocycles. The van der Waals surface area contributed by atoms with E-state index < -0.39 is 41.2 Å². The lowest BCUT2D eigenvalue weighted by Gasteiger charge is -2.46. The summed E-state index contributed by atoms with van der Waals surface area (Å²) in [4.78, 5) is 48.3. The highest BCUT2D eigenvalue weighted by Gasteiger charge is 2.75. The Morgan fingerprint density at radius 3 is 2.32 bits per heavy atom. The lowest BCUT2D eigenvalue weighted by molar-refractivity contribution is -0.155. The molecule has 1 aromatic carbocycles. The third kappa shape index (κ3) is 5.37. The quantitative estimate of drug-likeness (QED) is 0.407. The molecule has 3 aliphatic rings. The van der Waals surface area contributed by atoms with Crippen LogP contribution in [-0.4, -0.2) is 81.7 Å². The summed E-state index contributed by atoms with van der Waals surface area (Å²) in [5.41, 5.74) is -1.03. The van der Waals surface area contributed by atoms with Gasteiger partial charge in [-0.3, -0.25) is 14.4 Å². The molecular weight excluding hydrogens is 518 g/mol. The monoisotopic (exact) mass is 565 g/mol. The molecule has 41 heavy (non-hydrogen) atoms. The van der Waals surface area contributed by atoms with Crippen molar-refractivity contribution in [1.29, 1.82) is 0 Å². The van der Waals surface area contributed by atoms with Gasteiger partial charge in [0.25, 0.3) is 0 Å². The van der Waals surface area contributed by atoms with E-state index >= 15 is 0 Å². The Kier molecular flexibility index (Phi) is 8.59. The van der Waals surface area contributed by atoms with Crippen LogP contribution in [0, 0.1) is 17.3 Å². The Labute approximate surface area is 245 Å². The van der Waals surface area contributed by atoms with Crippen LogP contribution in [-0.2, 0) is 19.1 Å². The SMILES string of the molecule is C=CCN(C(=O)[C@@H]1[C@@H]2CCC3(O2)C(C(=O)N(CC=C)C(C)(C)CC(C)(C)C)N([C@H](C)CO)C(=O)[C@H]13)c1ccccc1. The average molecular weight is 566 g/mol. The van der Waals surface area contributed by atoms with E-state index in [9.17, 15) is 19.5 Å². The number of nitrogens with zero attached hydrogens (tertiary/aromatic N) is 3. The predicted octanol–water partition coefficient (Wildman–Crippen LogP) is 4.19. The van der Waals surface area contributed by atoms with Gasteiger partial charge < -0.3 is 24.5 Å². The molecule has 3 heterocycles. The van der Waals surface area contributed by atoms with Gasteiger partial charge in [0.2, 0.25) is 17.7 Å². The molecule has 2 bridgehead atoms. The number of hydrogen-bond donors (Lipinski definition) is 1. The molecule has 3 amide bonds. The largest absolute Gasteiger partial charge is 0.394 e. The predicted molar refractivity (Wildman–Crippen MR) is 160 cm³/mol. The summed E-state index contributed by atoms with van der Waals surface area (Å²) in [7, 11) is 0. The van der Waals surface area contributed by atoms with E-state index in [4.69, 9.17) is 4.74 Å². The van der Waals surface area contributed by atoms with Crippen molar-refractivity contribution in [2.75, 3.05) is 24.6 Å². The molecule has 4 rings (SSSR count). The van der Waals surface area contributed by atoms with E-state index in [1.54, 1.807) is 28.9 Å². The fraction of sp³-hybridized carbons (Fsp3) is 0.606. The first-order chi connectivity index (χ1) is 19.2. The maximum atomic E-state index is 14.7. The molecule has 3 fully saturated rings. The van der Waals surface area contributed by atoms with Crippen molar-refractivity contribution < 1.29 is 24.2 Å². The molecule has 8 heteroatoms. The number of anilines is 1. The molecule has 3 saturated heterocycles. The van der Waals surface area contributed by atoms with Gasteiger partial charge in [0.15, 0.2) is 0 Å². The minimum Gasteiger partial charge on any atom is -0.394 e. The number of rotatable bonds is 11. The lowest BCUT2D eigenvalue weighted by Crippen LogP contribution is -2.62. The minimum absolute atomic E-state index is 0.0561. The first-order valence-corrected chi connectivity index (χ1v) is 14.7. The van der Waals surface area contributed by atoms with Gasteiger partial charge in [-0.2, -0.15) is 0 Å². The molecule has 0 aromatic heterocycles. The zero-order valence-corrected chi connectivity index (χ0v) is 25.5. The fourth-order valence-electron chi connectivity index (χ4n) is 7.76. The molecule has 1 aromatic rings. The molecule has 1 N–H and O–H groups in total. The highest BCUT2D eigenvalue weighted by molar-refractivity contribution is 6.03. The highest BCUT2D eigenvalue weighted by atomic mass is 16.5. The fourth-order valence-corrected chi connectivity index (χ4v) is 7.76. The lowest BCUT2D eigenvalue weighted by atomic mass is 9.70. The Hall–Kier alpha value is -2.97. The molecule has 1 spiro atoms. The molecule has 8 nitrogen and oxygen atoms in total. The maximum Gasteiger partial charge on any atom is 0.249 e. The van der Waals surface area contributed by atoms with Crippen LogP contribution >= 0.6 is 0 Å². The second kappa shape index (κ2) is 11.4. The Bertz CT molecular complexity index is 1180. The first-order valence-electron chi connectivity index (χ1n) is 14.7. The molecule has 224 valence electrons. The van der Waals surface area contributed by atoms with Crippen LogP contribution in [0.2, 0.25) is 0 Å². The van der Waals surface area contributed by atoms with Gasteiger partial charge in [-0.25, -0.2) is 0 Å². The summed E-state index contributed by atoms with van der Waals surface area (Å²) in [6.45, 7) is 20.3. The summed E-state index contributed by atoms with van der Waals surface area (Å²) in [5.74, 6) is -2.29. The number of hydrogen-bond acceptors (Lipinski definition) is 5. The molecule has 0 radical (unpaired) electrons. The van der Waals surface area contributed by atoms with Crippen LogP contribution in [0.15, 0.2) is 55.6 Å². The number of likely N-dealkylation sites (tertiary alicyclic amines) is 1. The average Bonchev–Trinajstić information content (AvgIpc) is 3.55. The number of carbonyl (C=O) groups is 3. The van der Waals surface area contributed by atoms with Gasteiger partial charge >= 0.3 is 0 Å². The summed E-state index contributed by atoms with van der Waals surface area (Å²) >= 11 is 0. The number of amides is 3. The zero-order valence-electron chi connectivity index (χ0n) is 25.5. The van der Waals surface area contributed by atoms with E-state index in [2.05, 4.69) is 33.9 Å². The minimum atomic E-state index is -1.14. The van der Waals surface area contributed by atoms with E-state index in [1.807, 2.05) is 44.2 Å². The number of para-hydroxylation sites is 1. The van der Waals surface area contributed by atoms with Crippen molar-refractivity contribution in [2.24, 2.45) is 17.3 Å². The topological polar surface area (TPSA) is 90.4 Å². The van der Waals surface area contributed by atoms with Gasteiger partial charge in [0, 0.05) is 24.3 Å². The van der Waals surface area contributed by atoms with E-state index in [-0.39, 0.29) is 36.3 Å². The molecule has 2 unspecified atom stereocenters. The zero-order chi connectivity index (χ0) is 30.3.